The summed E-state index contributed by atoms with van der Waals surface area (Å²) in [5.41, 5.74) is 1.54. The highest BCUT2D eigenvalue weighted by atomic mass is 19.1. The molecule has 2 aromatic rings. The number of benzene rings is 2. The van der Waals surface area contributed by atoms with E-state index in [4.69, 9.17) is 4.74 Å². The van der Waals surface area contributed by atoms with E-state index in [0.29, 0.717) is 12.2 Å². The van der Waals surface area contributed by atoms with Crippen LogP contribution in [0.3, 0.4) is 0 Å². The summed E-state index contributed by atoms with van der Waals surface area (Å²) in [6.07, 6.45) is 2.86. The number of urea groups is 1. The van der Waals surface area contributed by atoms with Crippen LogP contribution in [0.5, 0.6) is 5.75 Å². The van der Waals surface area contributed by atoms with E-state index in [2.05, 4.69) is 43.1 Å². The van der Waals surface area contributed by atoms with Gasteiger partial charge < -0.3 is 10.1 Å². The Morgan fingerprint density at radius 2 is 2.06 bits per heavy atom. The van der Waals surface area contributed by atoms with Gasteiger partial charge in [0.15, 0.2) is 0 Å². The van der Waals surface area contributed by atoms with Crippen LogP contribution in [0.2, 0.25) is 0 Å². The van der Waals surface area contributed by atoms with Crippen molar-refractivity contribution in [2.75, 3.05) is 18.0 Å². The van der Waals surface area contributed by atoms with Crippen molar-refractivity contribution in [1.82, 2.24) is 10.2 Å². The second kappa shape index (κ2) is 8.87. The standard InChI is InChI=1S/C25H32FN3O2/c1-4-19(3)31-23-10-5-7-20(13-23)16-28-12-11-25(15-18(28)2)17-27-24(30)29(25)22-9-6-8-21(26)14-22/h5-10,13-14,18-19H,4,11-12,15-17H2,1-3H3,(H,27,30)/t18-,19+,25+/m0/s1. The fraction of sp³-hybridized carbons (Fsp3) is 0.480. The predicted octanol–water partition coefficient (Wildman–Crippen LogP) is 4.96. The van der Waals surface area contributed by atoms with Crippen molar-refractivity contribution in [3.63, 3.8) is 0 Å². The van der Waals surface area contributed by atoms with Gasteiger partial charge in [-0.3, -0.25) is 9.80 Å². The van der Waals surface area contributed by atoms with Crippen LogP contribution in [0.4, 0.5) is 14.9 Å². The molecular weight excluding hydrogens is 393 g/mol. The highest BCUT2D eigenvalue weighted by Gasteiger charge is 2.49. The summed E-state index contributed by atoms with van der Waals surface area (Å²) in [6.45, 7) is 8.73. The summed E-state index contributed by atoms with van der Waals surface area (Å²) in [5, 5.41) is 2.99. The van der Waals surface area contributed by atoms with E-state index in [-0.39, 0.29) is 29.5 Å². The Labute approximate surface area is 184 Å². The summed E-state index contributed by atoms with van der Waals surface area (Å²) < 4.78 is 19.8. The third-order valence-electron chi connectivity index (χ3n) is 6.67. The van der Waals surface area contributed by atoms with Gasteiger partial charge in [0.05, 0.1) is 11.6 Å². The van der Waals surface area contributed by atoms with Crippen molar-refractivity contribution in [1.29, 1.82) is 0 Å². The summed E-state index contributed by atoms with van der Waals surface area (Å²) in [6, 6.07) is 14.8. The zero-order valence-electron chi connectivity index (χ0n) is 18.6. The van der Waals surface area contributed by atoms with Gasteiger partial charge in [-0.05, 0) is 69.0 Å². The first kappa shape index (κ1) is 21.6. The first-order valence-electron chi connectivity index (χ1n) is 11.2. The number of rotatable bonds is 6. The van der Waals surface area contributed by atoms with E-state index in [0.717, 1.165) is 38.1 Å². The number of hydrogen-bond donors (Lipinski definition) is 1. The molecule has 0 saturated carbocycles. The molecule has 6 heteroatoms. The van der Waals surface area contributed by atoms with Crippen molar-refractivity contribution in [3.05, 3.63) is 59.9 Å². The molecular formula is C25H32FN3O2. The average Bonchev–Trinajstić information content (AvgIpc) is 3.06. The van der Waals surface area contributed by atoms with Gasteiger partial charge in [0, 0.05) is 31.4 Å². The molecule has 2 saturated heterocycles. The van der Waals surface area contributed by atoms with E-state index >= 15 is 0 Å². The topological polar surface area (TPSA) is 44.8 Å². The van der Waals surface area contributed by atoms with Gasteiger partial charge in [0.1, 0.15) is 11.6 Å². The Balaban J connectivity index is 1.47. The molecule has 0 aliphatic carbocycles. The van der Waals surface area contributed by atoms with Crippen LogP contribution in [-0.2, 0) is 6.54 Å². The lowest BCUT2D eigenvalue weighted by atomic mass is 9.82. The van der Waals surface area contributed by atoms with Gasteiger partial charge in [0.2, 0.25) is 0 Å². The fourth-order valence-corrected chi connectivity index (χ4v) is 4.84. The molecule has 1 spiro atoms. The molecule has 0 aromatic heterocycles. The highest BCUT2D eigenvalue weighted by molar-refractivity contribution is 5.96. The Morgan fingerprint density at radius 3 is 2.81 bits per heavy atom. The first-order valence-corrected chi connectivity index (χ1v) is 11.2. The van der Waals surface area contributed by atoms with Gasteiger partial charge in [-0.1, -0.05) is 25.1 Å². The van der Waals surface area contributed by atoms with E-state index in [1.54, 1.807) is 11.0 Å². The van der Waals surface area contributed by atoms with Crippen LogP contribution in [0.1, 0.15) is 45.6 Å². The normalized spacial score (nSPS) is 25.0. The number of amides is 2. The number of carbonyl (C=O) groups is 1. The van der Waals surface area contributed by atoms with Crippen LogP contribution in [0, 0.1) is 5.82 Å². The molecule has 0 radical (unpaired) electrons. The van der Waals surface area contributed by atoms with E-state index in [1.807, 2.05) is 18.2 Å². The van der Waals surface area contributed by atoms with Gasteiger partial charge in [0.25, 0.3) is 0 Å². The second-order valence-corrected chi connectivity index (χ2v) is 8.96. The molecule has 2 amide bonds. The molecule has 166 valence electrons. The number of likely N-dealkylation sites (tertiary alicyclic amines) is 1. The number of hydrogen-bond acceptors (Lipinski definition) is 3. The SMILES string of the molecule is CC[C@@H](C)Oc1cccc(CN2CC[C@]3(CNC(=O)N3c3cccc(F)c3)C[C@@H]2C)c1. The number of nitrogens with one attached hydrogen (secondary N) is 1. The van der Waals surface area contributed by atoms with E-state index in [1.165, 1.54) is 17.7 Å². The lowest BCUT2D eigenvalue weighted by molar-refractivity contribution is 0.105. The molecule has 3 atom stereocenters. The molecule has 2 aliphatic heterocycles. The number of halogens is 1. The third-order valence-corrected chi connectivity index (χ3v) is 6.67. The summed E-state index contributed by atoms with van der Waals surface area (Å²) in [7, 11) is 0. The van der Waals surface area contributed by atoms with Crippen LogP contribution in [-0.4, -0.2) is 41.7 Å². The molecule has 0 bridgehead atoms. The minimum absolute atomic E-state index is 0.138. The third kappa shape index (κ3) is 4.54. The lowest BCUT2D eigenvalue weighted by Crippen LogP contribution is -2.57. The summed E-state index contributed by atoms with van der Waals surface area (Å²) in [5.74, 6) is 0.591. The molecule has 2 heterocycles. The van der Waals surface area contributed by atoms with Crippen LogP contribution >= 0.6 is 0 Å². The number of carbonyl (C=O) groups excluding carboxylic acids is 1. The zero-order chi connectivity index (χ0) is 22.0. The Hall–Kier alpha value is -2.60. The lowest BCUT2D eigenvalue weighted by Gasteiger charge is -2.47. The molecule has 2 aliphatic rings. The Kier molecular flexibility index (Phi) is 6.19. The molecule has 5 nitrogen and oxygen atoms in total. The molecule has 4 rings (SSSR count). The van der Waals surface area contributed by atoms with Gasteiger partial charge in [-0.15, -0.1) is 0 Å². The van der Waals surface area contributed by atoms with Crippen molar-refractivity contribution < 1.29 is 13.9 Å². The minimum Gasteiger partial charge on any atom is -0.491 e. The van der Waals surface area contributed by atoms with E-state index < -0.39 is 0 Å². The first-order chi connectivity index (χ1) is 14.9. The number of nitrogens with zero attached hydrogens (tertiary/aromatic N) is 2. The van der Waals surface area contributed by atoms with E-state index in [9.17, 15) is 9.18 Å². The maximum atomic E-state index is 13.8. The maximum absolute atomic E-state index is 13.8. The van der Waals surface area contributed by atoms with Crippen molar-refractivity contribution in [2.24, 2.45) is 0 Å². The van der Waals surface area contributed by atoms with Gasteiger partial charge >= 0.3 is 6.03 Å². The van der Waals surface area contributed by atoms with Crippen molar-refractivity contribution in [2.45, 2.75) is 64.3 Å². The zero-order valence-corrected chi connectivity index (χ0v) is 18.6. The smallest absolute Gasteiger partial charge is 0.322 e. The molecule has 31 heavy (non-hydrogen) atoms. The van der Waals surface area contributed by atoms with Crippen LogP contribution < -0.4 is 15.0 Å². The van der Waals surface area contributed by atoms with Gasteiger partial charge in [-0.2, -0.15) is 0 Å². The molecule has 1 N–H and O–H groups in total. The van der Waals surface area contributed by atoms with Crippen molar-refractivity contribution >= 4 is 11.7 Å². The van der Waals surface area contributed by atoms with Crippen LogP contribution in [0.15, 0.2) is 48.5 Å². The Bertz CT molecular complexity index is 936. The number of piperidine rings is 1. The fourth-order valence-electron chi connectivity index (χ4n) is 4.84. The maximum Gasteiger partial charge on any atom is 0.322 e. The number of ether oxygens (including phenoxy) is 1. The minimum atomic E-state index is -0.322. The van der Waals surface area contributed by atoms with Crippen molar-refractivity contribution in [3.8, 4) is 5.75 Å². The highest BCUT2D eigenvalue weighted by Crippen LogP contribution is 2.39. The number of anilines is 1. The Morgan fingerprint density at radius 1 is 1.26 bits per heavy atom. The molecule has 2 aromatic carbocycles. The predicted molar refractivity (Wildman–Crippen MR) is 121 cm³/mol. The summed E-state index contributed by atoms with van der Waals surface area (Å²) in [4.78, 5) is 16.9. The average molecular weight is 426 g/mol. The molecule has 0 unspecified atom stereocenters. The largest absolute Gasteiger partial charge is 0.491 e. The van der Waals surface area contributed by atoms with Crippen LogP contribution in [0.25, 0.3) is 0 Å². The van der Waals surface area contributed by atoms with Gasteiger partial charge in [-0.25, -0.2) is 9.18 Å². The monoisotopic (exact) mass is 425 g/mol. The quantitative estimate of drug-likeness (QED) is 0.712. The molecule has 2 fully saturated rings. The summed E-state index contributed by atoms with van der Waals surface area (Å²) >= 11 is 0. The second-order valence-electron chi connectivity index (χ2n) is 8.96.